The number of allylic oxidation sites excluding steroid dienone is 3. The van der Waals surface area contributed by atoms with Crippen molar-refractivity contribution >= 4 is 11.8 Å². The molecule has 0 fully saturated rings. The minimum absolute atomic E-state index is 0.0902. The number of hydrogen-bond acceptors (Lipinski definition) is 3. The maximum atomic E-state index is 12.0. The Bertz CT molecular complexity index is 438. The van der Waals surface area contributed by atoms with Crippen LogP contribution in [-0.4, -0.2) is 17.9 Å². The van der Waals surface area contributed by atoms with E-state index < -0.39 is 0 Å². The summed E-state index contributed by atoms with van der Waals surface area (Å²) in [6.45, 7) is 10.6. The van der Waals surface area contributed by atoms with E-state index >= 15 is 0 Å². The van der Waals surface area contributed by atoms with Gasteiger partial charge >= 0.3 is 5.97 Å². The van der Waals surface area contributed by atoms with E-state index in [4.69, 9.17) is 4.74 Å². The summed E-state index contributed by atoms with van der Waals surface area (Å²) >= 11 is 0. The van der Waals surface area contributed by atoms with Gasteiger partial charge in [0.25, 0.3) is 0 Å². The molecule has 2 unspecified atom stereocenters. The van der Waals surface area contributed by atoms with E-state index in [0.717, 1.165) is 12.8 Å². The fourth-order valence-electron chi connectivity index (χ4n) is 2.08. The molecule has 0 N–H and O–H groups in total. The lowest BCUT2D eigenvalue weighted by atomic mass is 9.87. The van der Waals surface area contributed by atoms with Crippen LogP contribution in [0.1, 0.15) is 60.3 Å². The van der Waals surface area contributed by atoms with Crippen LogP contribution in [0.3, 0.4) is 0 Å². The summed E-state index contributed by atoms with van der Waals surface area (Å²) in [6, 6.07) is 0. The normalized spacial score (nSPS) is 21.3. The van der Waals surface area contributed by atoms with Crippen molar-refractivity contribution in [3.63, 3.8) is 0 Å². The number of ketones is 1. The SMILES string of the molecule is C/C(=C\CCC(C)OC(=O)C1C=CC(=O)CC1)C(C)(C)C. The van der Waals surface area contributed by atoms with Gasteiger partial charge in [0.05, 0.1) is 12.0 Å². The minimum atomic E-state index is -0.253. The van der Waals surface area contributed by atoms with Crippen molar-refractivity contribution in [2.75, 3.05) is 0 Å². The first-order valence-corrected chi connectivity index (χ1v) is 7.79. The molecule has 1 rings (SSSR count). The lowest BCUT2D eigenvalue weighted by Crippen LogP contribution is -2.23. The zero-order valence-corrected chi connectivity index (χ0v) is 13.9. The van der Waals surface area contributed by atoms with Crippen LogP contribution in [0.25, 0.3) is 0 Å². The van der Waals surface area contributed by atoms with E-state index in [1.54, 1.807) is 6.08 Å². The van der Waals surface area contributed by atoms with Crippen molar-refractivity contribution in [3.8, 4) is 0 Å². The van der Waals surface area contributed by atoms with Crippen molar-refractivity contribution in [1.82, 2.24) is 0 Å². The molecule has 118 valence electrons. The summed E-state index contributed by atoms with van der Waals surface area (Å²) in [5.74, 6) is -0.366. The molecular formula is C18H28O3. The van der Waals surface area contributed by atoms with Gasteiger partial charge in [-0.2, -0.15) is 0 Å². The number of carbonyl (C=O) groups excluding carboxylic acids is 2. The number of esters is 1. The average molecular weight is 292 g/mol. The quantitative estimate of drug-likeness (QED) is 0.562. The number of hydrogen-bond donors (Lipinski definition) is 0. The molecule has 0 amide bonds. The maximum Gasteiger partial charge on any atom is 0.313 e. The summed E-state index contributed by atoms with van der Waals surface area (Å²) in [5.41, 5.74) is 1.55. The first-order valence-electron chi connectivity index (χ1n) is 7.79. The molecule has 2 atom stereocenters. The highest BCUT2D eigenvalue weighted by Gasteiger charge is 2.23. The molecule has 0 aromatic heterocycles. The number of rotatable bonds is 5. The predicted octanol–water partition coefficient (Wildman–Crippen LogP) is 4.23. The fraction of sp³-hybridized carbons (Fsp3) is 0.667. The maximum absolute atomic E-state index is 12.0. The Hall–Kier alpha value is -1.38. The van der Waals surface area contributed by atoms with Crippen LogP contribution in [0.5, 0.6) is 0 Å². The molecule has 21 heavy (non-hydrogen) atoms. The molecule has 0 radical (unpaired) electrons. The molecular weight excluding hydrogens is 264 g/mol. The lowest BCUT2D eigenvalue weighted by Gasteiger charge is -2.20. The average Bonchev–Trinajstić information content (AvgIpc) is 2.38. The van der Waals surface area contributed by atoms with Crippen molar-refractivity contribution in [2.45, 2.75) is 66.4 Å². The second-order valence-electron chi connectivity index (χ2n) is 6.93. The third-order valence-corrected chi connectivity index (χ3v) is 4.04. The van der Waals surface area contributed by atoms with E-state index in [2.05, 4.69) is 33.8 Å². The van der Waals surface area contributed by atoms with Gasteiger partial charge in [0.2, 0.25) is 0 Å². The molecule has 0 heterocycles. The second kappa shape index (κ2) is 7.58. The van der Waals surface area contributed by atoms with Gasteiger partial charge in [-0.3, -0.25) is 9.59 Å². The van der Waals surface area contributed by atoms with Crippen LogP contribution >= 0.6 is 0 Å². The first-order chi connectivity index (χ1) is 9.70. The van der Waals surface area contributed by atoms with Gasteiger partial charge in [0.1, 0.15) is 0 Å². The van der Waals surface area contributed by atoms with E-state index in [0.29, 0.717) is 12.8 Å². The van der Waals surface area contributed by atoms with Gasteiger partial charge in [-0.05, 0) is 44.6 Å². The Kier molecular flexibility index (Phi) is 6.38. The molecule has 1 aliphatic carbocycles. The van der Waals surface area contributed by atoms with E-state index in [9.17, 15) is 9.59 Å². The molecule has 0 aromatic carbocycles. The van der Waals surface area contributed by atoms with Gasteiger partial charge in [0, 0.05) is 6.42 Å². The molecule has 1 aliphatic rings. The summed E-state index contributed by atoms with van der Waals surface area (Å²) in [6.07, 6.45) is 8.06. The Balaban J connectivity index is 2.37. The molecule has 0 saturated carbocycles. The van der Waals surface area contributed by atoms with E-state index in [1.807, 2.05) is 6.92 Å². The first kappa shape index (κ1) is 17.7. The molecule has 3 heteroatoms. The largest absolute Gasteiger partial charge is 0.462 e. The Morgan fingerprint density at radius 2 is 2.14 bits per heavy atom. The third-order valence-electron chi connectivity index (χ3n) is 4.04. The van der Waals surface area contributed by atoms with Crippen molar-refractivity contribution in [3.05, 3.63) is 23.8 Å². The second-order valence-corrected chi connectivity index (χ2v) is 6.93. The summed E-state index contributed by atoms with van der Waals surface area (Å²) in [4.78, 5) is 23.1. The summed E-state index contributed by atoms with van der Waals surface area (Å²) < 4.78 is 5.46. The topological polar surface area (TPSA) is 43.4 Å². The van der Waals surface area contributed by atoms with Gasteiger partial charge < -0.3 is 4.74 Å². The fourth-order valence-corrected chi connectivity index (χ4v) is 2.08. The minimum Gasteiger partial charge on any atom is -0.462 e. The molecule has 0 spiro atoms. The molecule has 0 aliphatic heterocycles. The lowest BCUT2D eigenvalue weighted by molar-refractivity contribution is -0.152. The van der Waals surface area contributed by atoms with Crippen LogP contribution < -0.4 is 0 Å². The monoisotopic (exact) mass is 292 g/mol. The molecule has 0 aromatic rings. The zero-order chi connectivity index (χ0) is 16.0. The van der Waals surface area contributed by atoms with E-state index in [-0.39, 0.29) is 29.2 Å². The standard InChI is InChI=1S/C18H28O3/c1-13(18(3,4)5)7-6-8-14(2)21-17(20)15-9-11-16(19)12-10-15/h7,9,11,14-15H,6,8,10,12H2,1-5H3/b13-7+. The third kappa shape index (κ3) is 6.28. The molecule has 3 nitrogen and oxygen atoms in total. The Morgan fingerprint density at radius 1 is 1.48 bits per heavy atom. The highest BCUT2D eigenvalue weighted by Crippen LogP contribution is 2.25. The highest BCUT2D eigenvalue weighted by molar-refractivity contribution is 5.92. The number of ether oxygens (including phenoxy) is 1. The summed E-state index contributed by atoms with van der Waals surface area (Å²) in [5, 5.41) is 0. The van der Waals surface area contributed by atoms with Gasteiger partial charge in [0.15, 0.2) is 5.78 Å². The zero-order valence-electron chi connectivity index (χ0n) is 13.9. The molecule has 0 bridgehead atoms. The van der Waals surface area contributed by atoms with Gasteiger partial charge in [-0.15, -0.1) is 0 Å². The summed E-state index contributed by atoms with van der Waals surface area (Å²) in [7, 11) is 0. The Labute approximate surface area is 128 Å². The van der Waals surface area contributed by atoms with Crippen LogP contribution in [-0.2, 0) is 14.3 Å². The van der Waals surface area contributed by atoms with Crippen molar-refractivity contribution in [2.24, 2.45) is 11.3 Å². The van der Waals surface area contributed by atoms with Crippen LogP contribution in [0.15, 0.2) is 23.8 Å². The van der Waals surface area contributed by atoms with Crippen molar-refractivity contribution < 1.29 is 14.3 Å². The predicted molar refractivity (Wildman–Crippen MR) is 84.9 cm³/mol. The van der Waals surface area contributed by atoms with E-state index in [1.165, 1.54) is 11.6 Å². The highest BCUT2D eigenvalue weighted by atomic mass is 16.5. The van der Waals surface area contributed by atoms with Gasteiger partial charge in [-0.1, -0.05) is 38.5 Å². The van der Waals surface area contributed by atoms with Crippen molar-refractivity contribution in [1.29, 1.82) is 0 Å². The van der Waals surface area contributed by atoms with Crippen LogP contribution in [0.4, 0.5) is 0 Å². The van der Waals surface area contributed by atoms with Crippen LogP contribution in [0, 0.1) is 11.3 Å². The Morgan fingerprint density at radius 3 is 2.67 bits per heavy atom. The smallest absolute Gasteiger partial charge is 0.313 e. The van der Waals surface area contributed by atoms with Gasteiger partial charge in [-0.25, -0.2) is 0 Å². The number of carbonyl (C=O) groups is 2. The van der Waals surface area contributed by atoms with Crippen LogP contribution in [0.2, 0.25) is 0 Å². The molecule has 0 saturated heterocycles.